The molecular formula is C24H29ClN4O2. The molecule has 0 spiro atoms. The van der Waals surface area contributed by atoms with Crippen LogP contribution in [0.2, 0.25) is 0 Å². The van der Waals surface area contributed by atoms with E-state index >= 15 is 0 Å². The molecule has 1 aliphatic rings. The van der Waals surface area contributed by atoms with Crippen molar-refractivity contribution in [1.82, 2.24) is 4.90 Å². The van der Waals surface area contributed by atoms with Crippen LogP contribution >= 0.6 is 12.4 Å². The number of nitrogens with zero attached hydrogens (tertiary/aromatic N) is 3. The smallest absolute Gasteiger partial charge is 0.267 e. The van der Waals surface area contributed by atoms with Crippen molar-refractivity contribution in [2.24, 2.45) is 0 Å². The topological polar surface area (TPSA) is 68.6 Å². The van der Waals surface area contributed by atoms with E-state index < -0.39 is 5.91 Å². The van der Waals surface area contributed by atoms with Gasteiger partial charge in [-0.25, -0.2) is 0 Å². The molecule has 0 atom stereocenters. The standard InChI is InChI=1S/C24H28N4O2.ClH/c1-17-8-9-23(30-4)21(14-17)26-24(29)20(15-25)16-27-10-12-28(13-11-27)22-7-5-6-18(2)19(22)3;/h5-9,14,16H,10-13H2,1-4H3,(H,26,29);1H/b20-16-;. The highest BCUT2D eigenvalue weighted by molar-refractivity contribution is 6.07. The second-order valence-corrected chi connectivity index (χ2v) is 7.55. The molecule has 2 aromatic carbocycles. The maximum absolute atomic E-state index is 12.7. The van der Waals surface area contributed by atoms with Crippen LogP contribution in [0.1, 0.15) is 16.7 Å². The van der Waals surface area contributed by atoms with Crippen LogP contribution in [-0.4, -0.2) is 44.1 Å². The minimum atomic E-state index is -0.432. The maximum Gasteiger partial charge on any atom is 0.267 e. The molecule has 31 heavy (non-hydrogen) atoms. The van der Waals surface area contributed by atoms with Crippen LogP contribution in [0.25, 0.3) is 0 Å². The molecule has 164 valence electrons. The first-order chi connectivity index (χ1) is 14.4. The Hall–Kier alpha value is -3.17. The average molecular weight is 441 g/mol. The number of carbonyl (C=O) groups excluding carboxylic acids is 1. The summed E-state index contributed by atoms with van der Waals surface area (Å²) in [6.07, 6.45) is 1.66. The Morgan fingerprint density at radius 3 is 2.48 bits per heavy atom. The monoisotopic (exact) mass is 440 g/mol. The largest absolute Gasteiger partial charge is 0.495 e. The van der Waals surface area contributed by atoms with E-state index in [1.54, 1.807) is 19.4 Å². The summed E-state index contributed by atoms with van der Waals surface area (Å²) >= 11 is 0. The molecule has 0 radical (unpaired) electrons. The number of rotatable bonds is 5. The first-order valence-corrected chi connectivity index (χ1v) is 10.1. The van der Waals surface area contributed by atoms with Crippen molar-refractivity contribution in [3.05, 3.63) is 64.9 Å². The van der Waals surface area contributed by atoms with Gasteiger partial charge < -0.3 is 19.9 Å². The Morgan fingerprint density at radius 1 is 1.13 bits per heavy atom. The highest BCUT2D eigenvalue weighted by atomic mass is 35.5. The molecule has 3 rings (SSSR count). The Labute approximate surface area is 190 Å². The van der Waals surface area contributed by atoms with Crippen molar-refractivity contribution >= 4 is 29.7 Å². The summed E-state index contributed by atoms with van der Waals surface area (Å²) in [6, 6.07) is 13.9. The number of hydrogen-bond acceptors (Lipinski definition) is 5. The molecule has 7 heteroatoms. The SMILES string of the molecule is COc1ccc(C)cc1NC(=O)/C(C#N)=C\N1CCN(c2cccc(C)c2C)CC1.Cl. The third-order valence-corrected chi connectivity index (χ3v) is 5.51. The minimum absolute atomic E-state index is 0. The molecule has 1 aliphatic heterocycles. The maximum atomic E-state index is 12.7. The lowest BCUT2D eigenvalue weighted by Crippen LogP contribution is -2.44. The number of benzene rings is 2. The summed E-state index contributed by atoms with van der Waals surface area (Å²) in [5, 5.41) is 12.3. The zero-order valence-corrected chi connectivity index (χ0v) is 19.3. The number of piperazine rings is 1. The van der Waals surface area contributed by atoms with Gasteiger partial charge in [0, 0.05) is 38.1 Å². The van der Waals surface area contributed by atoms with E-state index in [9.17, 15) is 10.1 Å². The number of amides is 1. The summed E-state index contributed by atoms with van der Waals surface area (Å²) in [4.78, 5) is 17.1. The average Bonchev–Trinajstić information content (AvgIpc) is 2.74. The summed E-state index contributed by atoms with van der Waals surface area (Å²) in [7, 11) is 1.55. The number of nitrogens with one attached hydrogen (secondary N) is 1. The second kappa shape index (κ2) is 10.7. The fourth-order valence-corrected chi connectivity index (χ4v) is 3.60. The number of hydrogen-bond donors (Lipinski definition) is 1. The van der Waals surface area contributed by atoms with Crippen LogP contribution in [0, 0.1) is 32.1 Å². The second-order valence-electron chi connectivity index (χ2n) is 7.55. The molecule has 0 unspecified atom stereocenters. The fraction of sp³-hybridized carbons (Fsp3) is 0.333. The van der Waals surface area contributed by atoms with Gasteiger partial charge >= 0.3 is 0 Å². The number of methoxy groups -OCH3 is 1. The highest BCUT2D eigenvalue weighted by Crippen LogP contribution is 2.26. The van der Waals surface area contributed by atoms with Gasteiger partial charge in [-0.2, -0.15) is 5.26 Å². The van der Waals surface area contributed by atoms with Crippen LogP contribution in [-0.2, 0) is 4.79 Å². The number of nitriles is 1. The van der Waals surface area contributed by atoms with E-state index in [0.29, 0.717) is 11.4 Å². The molecule has 0 saturated carbocycles. The molecule has 2 aromatic rings. The van der Waals surface area contributed by atoms with Crippen molar-refractivity contribution < 1.29 is 9.53 Å². The summed E-state index contributed by atoms with van der Waals surface area (Å²) in [6.45, 7) is 9.39. The van der Waals surface area contributed by atoms with Crippen LogP contribution in [0.15, 0.2) is 48.2 Å². The van der Waals surface area contributed by atoms with E-state index in [1.807, 2.05) is 30.0 Å². The summed E-state index contributed by atoms with van der Waals surface area (Å²) < 4.78 is 5.30. The van der Waals surface area contributed by atoms with Gasteiger partial charge in [0.15, 0.2) is 0 Å². The molecular weight excluding hydrogens is 412 g/mol. The van der Waals surface area contributed by atoms with Gasteiger partial charge in [-0.3, -0.25) is 4.79 Å². The number of carbonyl (C=O) groups is 1. The molecule has 1 fully saturated rings. The quantitative estimate of drug-likeness (QED) is 0.557. The zero-order chi connectivity index (χ0) is 21.7. The Morgan fingerprint density at radius 2 is 1.84 bits per heavy atom. The number of aryl methyl sites for hydroxylation is 2. The molecule has 6 nitrogen and oxygen atoms in total. The Bertz CT molecular complexity index is 1010. The molecule has 1 saturated heterocycles. The summed E-state index contributed by atoms with van der Waals surface area (Å²) in [5.41, 5.74) is 5.47. The van der Waals surface area contributed by atoms with Gasteiger partial charge in [0.05, 0.1) is 12.8 Å². The third-order valence-electron chi connectivity index (χ3n) is 5.51. The predicted molar refractivity (Wildman–Crippen MR) is 127 cm³/mol. The number of ether oxygens (including phenoxy) is 1. The van der Waals surface area contributed by atoms with Crippen LogP contribution < -0.4 is 15.0 Å². The lowest BCUT2D eigenvalue weighted by molar-refractivity contribution is -0.112. The highest BCUT2D eigenvalue weighted by Gasteiger charge is 2.19. The van der Waals surface area contributed by atoms with Crippen molar-refractivity contribution in [3.63, 3.8) is 0 Å². The van der Waals surface area contributed by atoms with Crippen molar-refractivity contribution in [3.8, 4) is 11.8 Å². The fourth-order valence-electron chi connectivity index (χ4n) is 3.60. The van der Waals surface area contributed by atoms with E-state index in [-0.39, 0.29) is 18.0 Å². The first kappa shape index (κ1) is 24.1. The van der Waals surface area contributed by atoms with Gasteiger partial charge in [-0.1, -0.05) is 18.2 Å². The Kier molecular flexibility index (Phi) is 8.35. The lowest BCUT2D eigenvalue weighted by atomic mass is 10.1. The van der Waals surface area contributed by atoms with Crippen molar-refractivity contribution in [2.45, 2.75) is 20.8 Å². The third kappa shape index (κ3) is 5.71. The van der Waals surface area contributed by atoms with Crippen LogP contribution in [0.4, 0.5) is 11.4 Å². The molecule has 1 N–H and O–H groups in total. The molecule has 1 amide bonds. The van der Waals surface area contributed by atoms with E-state index in [0.717, 1.165) is 31.7 Å². The van der Waals surface area contributed by atoms with E-state index in [2.05, 4.69) is 42.3 Å². The van der Waals surface area contributed by atoms with Crippen LogP contribution in [0.3, 0.4) is 0 Å². The Balaban J connectivity index is 0.00000341. The van der Waals surface area contributed by atoms with Gasteiger partial charge in [-0.15, -0.1) is 12.4 Å². The van der Waals surface area contributed by atoms with Gasteiger partial charge in [0.2, 0.25) is 0 Å². The van der Waals surface area contributed by atoms with Gasteiger partial charge in [-0.05, 0) is 55.7 Å². The lowest BCUT2D eigenvalue weighted by Gasteiger charge is -2.36. The van der Waals surface area contributed by atoms with Crippen LogP contribution in [0.5, 0.6) is 5.75 Å². The minimum Gasteiger partial charge on any atom is -0.495 e. The van der Waals surface area contributed by atoms with Crippen molar-refractivity contribution in [2.75, 3.05) is 43.5 Å². The molecule has 1 heterocycles. The molecule has 0 bridgehead atoms. The van der Waals surface area contributed by atoms with E-state index in [4.69, 9.17) is 4.74 Å². The normalized spacial score (nSPS) is 13.8. The molecule has 0 aliphatic carbocycles. The van der Waals surface area contributed by atoms with E-state index in [1.165, 1.54) is 16.8 Å². The first-order valence-electron chi connectivity index (χ1n) is 10.1. The number of halogens is 1. The molecule has 0 aromatic heterocycles. The predicted octanol–water partition coefficient (Wildman–Crippen LogP) is 4.21. The van der Waals surface area contributed by atoms with Gasteiger partial charge in [0.1, 0.15) is 17.4 Å². The van der Waals surface area contributed by atoms with Crippen molar-refractivity contribution in [1.29, 1.82) is 5.26 Å². The summed E-state index contributed by atoms with van der Waals surface area (Å²) in [5.74, 6) is 0.131. The zero-order valence-electron chi connectivity index (χ0n) is 18.4. The number of anilines is 2. The van der Waals surface area contributed by atoms with Gasteiger partial charge in [0.25, 0.3) is 5.91 Å².